The number of thioether (sulfide) groups is 1. The van der Waals surface area contributed by atoms with Crippen LogP contribution in [0, 0.1) is 6.92 Å². The maximum absolute atomic E-state index is 12.8. The van der Waals surface area contributed by atoms with Crippen LogP contribution in [-0.2, 0) is 16.1 Å². The average molecular weight is 468 g/mol. The highest BCUT2D eigenvalue weighted by Crippen LogP contribution is 2.32. The van der Waals surface area contributed by atoms with Gasteiger partial charge in [-0.2, -0.15) is 0 Å². The zero-order chi connectivity index (χ0) is 23.1. The fraction of sp³-hybridized carbons (Fsp3) is 0.318. The van der Waals surface area contributed by atoms with Crippen LogP contribution in [0.25, 0.3) is 10.9 Å². The van der Waals surface area contributed by atoms with E-state index < -0.39 is 17.9 Å². The molecule has 5 rings (SSSR count). The second-order valence-electron chi connectivity index (χ2n) is 8.00. The lowest BCUT2D eigenvalue weighted by molar-refractivity contribution is -0.113. The first-order valence-corrected chi connectivity index (χ1v) is 11.5. The molecule has 170 valence electrons. The minimum atomic E-state index is -0.515. The number of ether oxygens (including phenoxy) is 1. The number of aromatic nitrogens is 3. The fourth-order valence-electron chi connectivity index (χ4n) is 4.11. The summed E-state index contributed by atoms with van der Waals surface area (Å²) in [6, 6.07) is 8.88. The number of carbonyl (C=O) groups excluding carboxylic acids is 2. The summed E-state index contributed by atoms with van der Waals surface area (Å²) in [6.45, 7) is 2.35. The van der Waals surface area contributed by atoms with Crippen LogP contribution in [0.3, 0.4) is 0 Å². The predicted molar refractivity (Wildman–Crippen MR) is 124 cm³/mol. The third-order valence-electron chi connectivity index (χ3n) is 5.74. The number of aromatic amines is 1. The Morgan fingerprint density at radius 2 is 2.03 bits per heavy atom. The number of anilines is 2. The van der Waals surface area contributed by atoms with Gasteiger partial charge >= 0.3 is 11.8 Å². The number of hydrogen-bond donors (Lipinski definition) is 2. The standard InChI is InChI=1S/C22H21N5O5S/c1-12-4-2-6-14-18(12)20(29)26(21(30)23-14)9-3-5-13-10-27(22(31)32-13)16-8-7-15-19(24-16)25-17(28)11-33-15/h2,4,6-8,13H,3,5,9-11H2,1H3,(H,23,30)(H,24,25,28)/t13-/m0/s1. The topological polar surface area (TPSA) is 126 Å². The van der Waals surface area contributed by atoms with Crippen molar-refractivity contribution in [1.29, 1.82) is 0 Å². The maximum atomic E-state index is 12.8. The highest BCUT2D eigenvalue weighted by molar-refractivity contribution is 8.00. The van der Waals surface area contributed by atoms with Gasteiger partial charge in [0.2, 0.25) is 5.91 Å². The zero-order valence-electron chi connectivity index (χ0n) is 17.8. The van der Waals surface area contributed by atoms with Gasteiger partial charge in [-0.05, 0) is 43.5 Å². The van der Waals surface area contributed by atoms with Crippen LogP contribution in [0.1, 0.15) is 18.4 Å². The number of amides is 2. The zero-order valence-corrected chi connectivity index (χ0v) is 18.6. The number of pyridine rings is 1. The van der Waals surface area contributed by atoms with Crippen molar-refractivity contribution in [1.82, 2.24) is 14.5 Å². The van der Waals surface area contributed by atoms with E-state index in [9.17, 15) is 19.2 Å². The molecule has 0 aliphatic carbocycles. The molecule has 2 aromatic heterocycles. The Hall–Kier alpha value is -3.60. The molecule has 0 spiro atoms. The second kappa shape index (κ2) is 8.39. The van der Waals surface area contributed by atoms with Crippen molar-refractivity contribution in [2.24, 2.45) is 0 Å². The Labute approximate surface area is 192 Å². The number of hydrogen-bond acceptors (Lipinski definition) is 7. The van der Waals surface area contributed by atoms with Gasteiger partial charge in [-0.25, -0.2) is 14.6 Å². The molecule has 0 radical (unpaired) electrons. The largest absolute Gasteiger partial charge is 0.444 e. The Morgan fingerprint density at radius 1 is 1.18 bits per heavy atom. The van der Waals surface area contributed by atoms with Gasteiger partial charge in [0.1, 0.15) is 17.7 Å². The fourth-order valence-corrected chi connectivity index (χ4v) is 4.87. The van der Waals surface area contributed by atoms with Crippen LogP contribution < -0.4 is 21.5 Å². The lowest BCUT2D eigenvalue weighted by Crippen LogP contribution is -2.35. The predicted octanol–water partition coefficient (Wildman–Crippen LogP) is 2.24. The van der Waals surface area contributed by atoms with Crippen LogP contribution in [-0.4, -0.2) is 44.9 Å². The molecule has 0 bridgehead atoms. The van der Waals surface area contributed by atoms with E-state index in [0.29, 0.717) is 47.7 Å². The highest BCUT2D eigenvalue weighted by Gasteiger charge is 2.33. The number of rotatable bonds is 5. The van der Waals surface area contributed by atoms with E-state index in [1.54, 1.807) is 18.2 Å². The Kier molecular flexibility index (Phi) is 5.41. The van der Waals surface area contributed by atoms with Crippen molar-refractivity contribution in [3.8, 4) is 0 Å². The molecule has 1 aromatic carbocycles. The molecule has 4 heterocycles. The SMILES string of the molecule is Cc1cccc2[nH]c(=O)n(CCC[C@H]3CN(c4ccc5c(n4)NC(=O)CS5)C(=O)O3)c(=O)c12. The van der Waals surface area contributed by atoms with Crippen molar-refractivity contribution in [3.05, 3.63) is 56.7 Å². The van der Waals surface area contributed by atoms with Gasteiger partial charge in [-0.15, -0.1) is 11.8 Å². The molecule has 1 fully saturated rings. The van der Waals surface area contributed by atoms with Crippen LogP contribution in [0.15, 0.2) is 44.8 Å². The molecule has 2 N–H and O–H groups in total. The van der Waals surface area contributed by atoms with E-state index in [2.05, 4.69) is 15.3 Å². The van der Waals surface area contributed by atoms with E-state index in [4.69, 9.17) is 4.74 Å². The first kappa shape index (κ1) is 21.3. The molecule has 3 aromatic rings. The first-order valence-electron chi connectivity index (χ1n) is 10.5. The molecule has 2 aliphatic heterocycles. The summed E-state index contributed by atoms with van der Waals surface area (Å²) in [5.41, 5.74) is 0.542. The van der Waals surface area contributed by atoms with Crippen LogP contribution in [0.4, 0.5) is 16.4 Å². The summed E-state index contributed by atoms with van der Waals surface area (Å²) in [5, 5.41) is 3.21. The molecule has 2 amide bonds. The molecule has 0 saturated carbocycles. The number of aryl methyl sites for hydroxylation is 1. The van der Waals surface area contributed by atoms with Gasteiger partial charge in [-0.1, -0.05) is 12.1 Å². The molecule has 1 saturated heterocycles. The van der Waals surface area contributed by atoms with E-state index in [1.165, 1.54) is 21.2 Å². The van der Waals surface area contributed by atoms with Crippen molar-refractivity contribution in [2.75, 3.05) is 22.5 Å². The molecule has 1 atom stereocenters. The van der Waals surface area contributed by atoms with Gasteiger partial charge in [0.25, 0.3) is 5.56 Å². The highest BCUT2D eigenvalue weighted by atomic mass is 32.2. The van der Waals surface area contributed by atoms with E-state index in [0.717, 1.165) is 10.5 Å². The quantitative estimate of drug-likeness (QED) is 0.589. The Balaban J connectivity index is 1.26. The summed E-state index contributed by atoms with van der Waals surface area (Å²) < 4.78 is 6.65. The third-order valence-corrected chi connectivity index (χ3v) is 6.78. The molecular weight excluding hydrogens is 446 g/mol. The number of fused-ring (bicyclic) bond motifs is 2. The lowest BCUT2D eigenvalue weighted by Gasteiger charge is -2.18. The van der Waals surface area contributed by atoms with E-state index in [1.807, 2.05) is 19.1 Å². The van der Waals surface area contributed by atoms with Gasteiger partial charge in [0.05, 0.1) is 28.1 Å². The smallest absolute Gasteiger partial charge is 0.415 e. The monoisotopic (exact) mass is 467 g/mol. The molecule has 0 unspecified atom stereocenters. The van der Waals surface area contributed by atoms with Gasteiger partial charge in [0.15, 0.2) is 0 Å². The number of carbonyl (C=O) groups is 2. The van der Waals surface area contributed by atoms with Crippen molar-refractivity contribution in [2.45, 2.75) is 37.3 Å². The number of nitrogens with one attached hydrogen (secondary N) is 2. The van der Waals surface area contributed by atoms with Crippen molar-refractivity contribution < 1.29 is 14.3 Å². The van der Waals surface area contributed by atoms with Crippen LogP contribution in [0.2, 0.25) is 0 Å². The molecule has 10 nitrogen and oxygen atoms in total. The third kappa shape index (κ3) is 3.99. The lowest BCUT2D eigenvalue weighted by atomic mass is 10.1. The molecule has 2 aliphatic rings. The Morgan fingerprint density at radius 3 is 2.88 bits per heavy atom. The van der Waals surface area contributed by atoms with Crippen molar-refractivity contribution >= 4 is 46.3 Å². The van der Waals surface area contributed by atoms with E-state index in [-0.39, 0.29) is 18.0 Å². The van der Waals surface area contributed by atoms with Crippen molar-refractivity contribution in [3.63, 3.8) is 0 Å². The summed E-state index contributed by atoms with van der Waals surface area (Å²) in [6.07, 6.45) is 0.0587. The van der Waals surface area contributed by atoms with E-state index >= 15 is 0 Å². The summed E-state index contributed by atoms with van der Waals surface area (Å²) >= 11 is 1.40. The maximum Gasteiger partial charge on any atom is 0.415 e. The average Bonchev–Trinajstić information content (AvgIpc) is 3.15. The van der Waals surface area contributed by atoms with Crippen LogP contribution in [0.5, 0.6) is 0 Å². The van der Waals surface area contributed by atoms with Gasteiger partial charge < -0.3 is 15.0 Å². The second-order valence-corrected chi connectivity index (χ2v) is 9.01. The number of nitrogens with zero attached hydrogens (tertiary/aromatic N) is 3. The molecule has 33 heavy (non-hydrogen) atoms. The van der Waals surface area contributed by atoms with Gasteiger partial charge in [-0.3, -0.25) is 19.1 Å². The number of benzene rings is 1. The number of cyclic esters (lactones) is 1. The van der Waals surface area contributed by atoms with Crippen LogP contribution >= 0.6 is 11.8 Å². The summed E-state index contributed by atoms with van der Waals surface area (Å²) in [5.74, 6) is 1.05. The minimum absolute atomic E-state index is 0.131. The summed E-state index contributed by atoms with van der Waals surface area (Å²) in [7, 11) is 0. The number of H-pyrrole nitrogens is 1. The van der Waals surface area contributed by atoms with Gasteiger partial charge in [0, 0.05) is 6.54 Å². The normalized spacial score (nSPS) is 17.7. The molecule has 11 heteroatoms. The summed E-state index contributed by atoms with van der Waals surface area (Å²) in [4.78, 5) is 58.7. The minimum Gasteiger partial charge on any atom is -0.444 e. The molecular formula is C22H21N5O5S. The Bertz CT molecular complexity index is 1400. The first-order chi connectivity index (χ1) is 15.9.